The van der Waals surface area contributed by atoms with E-state index in [0.29, 0.717) is 58.8 Å². The van der Waals surface area contributed by atoms with Crippen molar-refractivity contribution < 1.29 is 76.8 Å². The molecular formula is C88H140N8O17S4. The van der Waals surface area contributed by atoms with Crippen LogP contribution < -0.4 is 21.8 Å². The van der Waals surface area contributed by atoms with Crippen LogP contribution in [0.1, 0.15) is 298 Å². The van der Waals surface area contributed by atoms with E-state index in [1.165, 1.54) is 17.8 Å². The van der Waals surface area contributed by atoms with Crippen LogP contribution in [0.15, 0.2) is 112 Å². The number of aliphatic hydroxyl groups excluding tert-OH is 2. The normalized spacial score (nSPS) is 20.7. The van der Waals surface area contributed by atoms with Crippen LogP contribution in [0.5, 0.6) is 0 Å². The molecule has 0 aromatic carbocycles. The van der Waals surface area contributed by atoms with Crippen LogP contribution in [0, 0.1) is 55.7 Å². The lowest BCUT2D eigenvalue weighted by atomic mass is 9.85. The number of Topliss-reactive ketones (excluding diaryl/α,β-unsaturated/α-hetero) is 3. The Morgan fingerprint density at radius 2 is 1.11 bits per heavy atom. The summed E-state index contributed by atoms with van der Waals surface area (Å²) in [5.41, 5.74) is 9.01. The maximum Gasteiger partial charge on any atom is 0.286 e. The number of hydrogen-bond donors (Lipinski definition) is 6. The summed E-state index contributed by atoms with van der Waals surface area (Å²) in [7, 11) is 0. The number of imide groups is 1. The van der Waals surface area contributed by atoms with Crippen LogP contribution >= 0.6 is 47.0 Å². The summed E-state index contributed by atoms with van der Waals surface area (Å²) in [6.45, 7) is 82.2. The van der Waals surface area contributed by atoms with Crippen molar-refractivity contribution in [2.24, 2.45) is 58.7 Å². The van der Waals surface area contributed by atoms with Gasteiger partial charge in [0.2, 0.25) is 22.8 Å². The van der Waals surface area contributed by atoms with Crippen LogP contribution in [-0.4, -0.2) is 115 Å². The summed E-state index contributed by atoms with van der Waals surface area (Å²) in [6.07, 6.45) is 7.46. The van der Waals surface area contributed by atoms with Gasteiger partial charge in [-0.3, -0.25) is 63.6 Å². The van der Waals surface area contributed by atoms with E-state index in [9.17, 15) is 58.2 Å². The van der Waals surface area contributed by atoms with Crippen LogP contribution in [0.25, 0.3) is 0 Å². The lowest BCUT2D eigenvalue weighted by molar-refractivity contribution is -0.123. The lowest BCUT2D eigenvalue weighted by Crippen LogP contribution is -2.33. The Morgan fingerprint density at radius 1 is 0.556 bits per heavy atom. The molecule has 0 radical (unpaired) electrons. The van der Waals surface area contributed by atoms with Crippen LogP contribution in [0.3, 0.4) is 0 Å². The highest BCUT2D eigenvalue weighted by Crippen LogP contribution is 2.42. The highest BCUT2D eigenvalue weighted by Gasteiger charge is 2.42. The van der Waals surface area contributed by atoms with Crippen molar-refractivity contribution in [1.82, 2.24) is 31.6 Å². The number of aryl methyl sites for hydroxylation is 1. The third kappa shape index (κ3) is 40.1. The van der Waals surface area contributed by atoms with Gasteiger partial charge in [-0.15, -0.1) is 0 Å². The van der Waals surface area contributed by atoms with Crippen molar-refractivity contribution >= 4 is 108 Å². The van der Waals surface area contributed by atoms with E-state index in [4.69, 9.17) is 23.5 Å². The number of rotatable bonds is 0. The molecule has 25 nitrogen and oxygen atoms in total. The van der Waals surface area contributed by atoms with Gasteiger partial charge in [0, 0.05) is 77.7 Å². The van der Waals surface area contributed by atoms with E-state index in [1.54, 1.807) is 24.8 Å². The second-order valence-electron chi connectivity index (χ2n) is 41.0. The minimum absolute atomic E-state index is 0.00222. The summed E-state index contributed by atoms with van der Waals surface area (Å²) in [5.74, 6) is 5.11. The summed E-state index contributed by atoms with van der Waals surface area (Å²) < 4.78 is 14.9. The highest BCUT2D eigenvalue weighted by molar-refractivity contribution is 8.18. The number of allylic oxidation sites excluding steroid dienone is 7. The summed E-state index contributed by atoms with van der Waals surface area (Å²) in [4.78, 5) is 132. The molecule has 658 valence electrons. The zero-order chi connectivity index (χ0) is 91.5. The van der Waals surface area contributed by atoms with E-state index >= 15 is 0 Å². The number of aromatic nitrogens is 3. The van der Waals surface area contributed by atoms with Gasteiger partial charge in [-0.2, -0.15) is 15.1 Å². The quantitative estimate of drug-likeness (QED) is 0.0810. The van der Waals surface area contributed by atoms with Gasteiger partial charge in [0.15, 0.2) is 40.7 Å². The van der Waals surface area contributed by atoms with Gasteiger partial charge in [0.05, 0.1) is 56.2 Å². The second-order valence-corrected chi connectivity index (χ2v) is 45.6. The first-order valence-electron chi connectivity index (χ1n) is 39.1. The molecule has 0 saturated carbocycles. The number of hydrogen-bond acceptors (Lipinski definition) is 26. The summed E-state index contributed by atoms with van der Waals surface area (Å²) in [6, 6.07) is 1.47. The predicted molar refractivity (Wildman–Crippen MR) is 475 cm³/mol. The number of aromatic amines is 1. The third-order valence-electron chi connectivity index (χ3n) is 16.9. The molecule has 29 heteroatoms. The molecule has 3 amide bonds. The molecule has 6 N–H and O–H groups in total. The van der Waals surface area contributed by atoms with E-state index < -0.39 is 0 Å². The SMILES string of the molecule is C=C1CC(C(C)(C)C)ON1.C=C1CC(O)=C(C(C)(C)C)C1.C=C1N=C(C(C)(C)C)NO1.CC(C)(C)/C=C1\SC(=O)CC1=O.CC(C)(C)C1=C(O)CCC1=O.CC(C)(C)C1=CC(=O)CO1.CC(C)(C)C1SC(=O)CC1=O.CC(C)(C)C1SC(=O)NC1=O.CC(C)(C)c1cc(=O)[nH]o1.CC1=NC(=O)C(C(C)(C)C)S1.Cc1nc(C(C)(C)C)no1. The first-order valence-corrected chi connectivity index (χ1v) is 42.6. The molecule has 0 spiro atoms. The molecular weight excluding hydrogens is 1570 g/mol. The van der Waals surface area contributed by atoms with Crippen molar-refractivity contribution in [2.75, 3.05) is 6.61 Å². The number of nitrogens with one attached hydrogen (secondary N) is 4. The fourth-order valence-electron chi connectivity index (χ4n) is 10.6. The topological polar surface area (TPSA) is 368 Å². The van der Waals surface area contributed by atoms with Crippen molar-refractivity contribution in [3.8, 4) is 0 Å². The van der Waals surface area contributed by atoms with Crippen molar-refractivity contribution in [2.45, 2.75) is 320 Å². The number of hydroxylamine groups is 2. The monoisotopic (exact) mass is 1710 g/mol. The van der Waals surface area contributed by atoms with Crippen LogP contribution in [-0.2, 0) is 63.6 Å². The maximum absolute atomic E-state index is 11.2. The van der Waals surface area contributed by atoms with E-state index in [1.807, 2.05) is 138 Å². The fraction of sp³-hybridized carbons (Fsp3) is 0.659. The molecule has 4 saturated heterocycles. The highest BCUT2D eigenvalue weighted by atomic mass is 32.2. The summed E-state index contributed by atoms with van der Waals surface area (Å²) >= 11 is 4.93. The number of carbonyl (C=O) groups excluding carboxylic acids is 9. The van der Waals surface area contributed by atoms with E-state index in [2.05, 4.69) is 165 Å². The zero-order valence-electron chi connectivity index (χ0n) is 76.8. The standard InChI is InChI=1S/C10H16O.C9H12O2S.C9H14O2.C8H13NOS.C8H15NO.C8H12O2S.C8H12O2.2C7H12N2O.C7H11NO2S.C7H11NO2/c1-7-5-8(9(11)6-7)10(2,3)4;1-9(2,3)5-7-6(10)4-8(11)12-7;1-9(2,3)8-6(10)4-5-7(8)11;1-5-9-7(10)6(11-5)8(2,3)4;1-6-5-7(10-9-6)8(2,3)4;1-8(2,3)7-5(9)4-6(10)11-7;1-8(2,3)7-4-6(9)5-10-7;2*1-5-8-6(9-10-5)7(2,3)4;1-7(2,3)4-5(9)8-6(10)11-4;1-7(2,3)5-4-6(9)8-10-5/h11H,1,5-6H2,2-4H3;5H,4H2,1-3H3;10H,4-5H2,1-3H3;6H,1-4H3;7,9H,1,5H2,2-4H3;7H,4H2,1-3H3;4H,5H2,1-3H3;1-4H3;1H2,2-4H3,(H,8,9);4H,1-3H3,(H,8,9,10);4H,1-3H3,(H,8,9)/b;7-5-;;;;;;;;;. The largest absolute Gasteiger partial charge is 0.512 e. The molecule has 9 aliphatic rings. The Bertz CT molecular complexity index is 4070. The zero-order valence-corrected chi connectivity index (χ0v) is 80.0. The van der Waals surface area contributed by atoms with Crippen LogP contribution in [0.4, 0.5) is 4.79 Å². The Labute approximate surface area is 713 Å². The molecule has 4 unspecified atom stereocenters. The Balaban J connectivity index is 0.000000644. The van der Waals surface area contributed by atoms with Gasteiger partial charge in [0.25, 0.3) is 16.7 Å². The molecule has 0 bridgehead atoms. The van der Waals surface area contributed by atoms with Gasteiger partial charge >= 0.3 is 0 Å². The Morgan fingerprint density at radius 3 is 1.32 bits per heavy atom. The minimum atomic E-state index is -0.227. The van der Waals surface area contributed by atoms with Crippen LogP contribution in [0.2, 0.25) is 0 Å². The average molecular weight is 1710 g/mol. The smallest absolute Gasteiger partial charge is 0.286 e. The van der Waals surface area contributed by atoms with Crippen molar-refractivity contribution in [3.63, 3.8) is 0 Å². The molecule has 7 aliphatic heterocycles. The fourth-order valence-corrected chi connectivity index (χ4v) is 14.6. The number of ketones is 4. The third-order valence-corrected chi connectivity index (χ3v) is 22.5. The minimum Gasteiger partial charge on any atom is -0.512 e. The van der Waals surface area contributed by atoms with Gasteiger partial charge in [-0.1, -0.05) is 294 Å². The Hall–Kier alpha value is -7.34. The second kappa shape index (κ2) is 43.2. The van der Waals surface area contributed by atoms with Crippen molar-refractivity contribution in [3.05, 3.63) is 116 Å². The molecule has 4 fully saturated rings. The van der Waals surface area contributed by atoms with E-state index in [0.717, 1.165) is 75.7 Å². The Kier molecular flexibility index (Phi) is 39.8. The van der Waals surface area contributed by atoms with Gasteiger partial charge < -0.3 is 28.8 Å². The molecule has 9 heterocycles. The van der Waals surface area contributed by atoms with Crippen molar-refractivity contribution in [1.29, 1.82) is 0 Å². The number of nitrogens with zero attached hydrogens (tertiary/aromatic N) is 4. The lowest BCUT2D eigenvalue weighted by Gasteiger charge is -2.23. The number of thioether (sulfide) groups is 4. The number of amidine groups is 1. The number of carbonyl (C=O) groups is 9. The predicted octanol–water partition coefficient (Wildman–Crippen LogP) is 20.4. The molecule has 2 aliphatic carbocycles. The number of aliphatic imine (C=N–C) groups is 2. The van der Waals surface area contributed by atoms with Gasteiger partial charge in [-0.25, -0.2) is 10.5 Å². The number of aliphatic hydroxyl groups is 2. The number of amides is 3. The maximum atomic E-state index is 11.2. The number of ether oxygens (including phenoxy) is 1. The average Bonchev–Trinajstić information content (AvgIpc) is 1.70. The van der Waals surface area contributed by atoms with Gasteiger partial charge in [0.1, 0.15) is 17.4 Å². The summed E-state index contributed by atoms with van der Waals surface area (Å²) in [5, 5.41) is 27.5. The van der Waals surface area contributed by atoms with Gasteiger partial charge in [-0.05, 0) is 75.2 Å². The first kappa shape index (κ1) is 108. The molecule has 2 aromatic heterocycles. The molecule has 2 aromatic rings. The molecule has 4 atom stereocenters. The molecule has 117 heavy (non-hydrogen) atoms. The number of H-pyrrole nitrogens is 1. The first-order chi connectivity index (χ1) is 52.4. The molecule has 11 rings (SSSR count). The van der Waals surface area contributed by atoms with E-state index in [-0.39, 0.29) is 157 Å².